The molecule has 5 heteroatoms. The number of carbonyl (C=O) groups is 1. The number of hydrogen-bond acceptors (Lipinski definition) is 3. The van der Waals surface area contributed by atoms with Crippen LogP contribution in [0.1, 0.15) is 83.5 Å². The van der Waals surface area contributed by atoms with Gasteiger partial charge in [0.05, 0.1) is 6.04 Å². The van der Waals surface area contributed by atoms with Gasteiger partial charge in [0, 0.05) is 19.0 Å². The van der Waals surface area contributed by atoms with E-state index < -0.39 is 0 Å². The van der Waals surface area contributed by atoms with E-state index in [1.165, 1.54) is 32.1 Å². The number of carbonyl (C=O) groups excluding carboxylic acids is 1. The minimum atomic E-state index is 0.129. The summed E-state index contributed by atoms with van der Waals surface area (Å²) in [4.78, 5) is 15.3. The van der Waals surface area contributed by atoms with E-state index in [0.717, 1.165) is 44.6 Å². The summed E-state index contributed by atoms with van der Waals surface area (Å²) in [7, 11) is 0. The highest BCUT2D eigenvalue weighted by molar-refractivity contribution is 5.79. The molecule has 0 bridgehead atoms. The van der Waals surface area contributed by atoms with Crippen molar-refractivity contribution in [3.8, 4) is 0 Å². The van der Waals surface area contributed by atoms with E-state index in [-0.39, 0.29) is 12.0 Å². The van der Waals surface area contributed by atoms with Crippen molar-refractivity contribution in [3.05, 3.63) is 12.2 Å². The molecule has 5 nitrogen and oxygen atoms in total. The topological polar surface area (TPSA) is 51.0 Å². The van der Waals surface area contributed by atoms with E-state index in [2.05, 4.69) is 33.5 Å². The van der Waals surface area contributed by atoms with E-state index in [4.69, 9.17) is 0 Å². The third-order valence-corrected chi connectivity index (χ3v) is 5.50. The molecule has 2 fully saturated rings. The first-order chi connectivity index (χ1) is 11.7. The van der Waals surface area contributed by atoms with E-state index in [0.29, 0.717) is 11.8 Å². The van der Waals surface area contributed by atoms with E-state index in [1.807, 2.05) is 6.33 Å². The first-order valence-corrected chi connectivity index (χ1v) is 9.85. The van der Waals surface area contributed by atoms with Crippen LogP contribution >= 0.6 is 0 Å². The number of nitrogens with zero attached hydrogens (tertiary/aromatic N) is 4. The fourth-order valence-corrected chi connectivity index (χ4v) is 4.29. The van der Waals surface area contributed by atoms with Crippen molar-refractivity contribution < 1.29 is 4.79 Å². The van der Waals surface area contributed by atoms with Crippen molar-refractivity contribution in [2.45, 2.75) is 84.2 Å². The van der Waals surface area contributed by atoms with Crippen LogP contribution in [-0.2, 0) is 11.3 Å². The predicted octanol–water partition coefficient (Wildman–Crippen LogP) is 3.96. The van der Waals surface area contributed by atoms with Gasteiger partial charge in [0.25, 0.3) is 0 Å². The summed E-state index contributed by atoms with van der Waals surface area (Å²) in [6.45, 7) is 6.21. The lowest BCUT2D eigenvalue weighted by Gasteiger charge is -2.29. The number of rotatable bonds is 4. The van der Waals surface area contributed by atoms with Gasteiger partial charge in [-0.3, -0.25) is 4.79 Å². The van der Waals surface area contributed by atoms with Crippen LogP contribution < -0.4 is 0 Å². The molecule has 0 unspecified atom stereocenters. The highest BCUT2D eigenvalue weighted by Gasteiger charge is 2.36. The third kappa shape index (κ3) is 3.98. The molecule has 2 heterocycles. The molecule has 24 heavy (non-hydrogen) atoms. The van der Waals surface area contributed by atoms with Crippen LogP contribution in [0.3, 0.4) is 0 Å². The highest BCUT2D eigenvalue weighted by atomic mass is 16.2. The first kappa shape index (κ1) is 17.4. The zero-order chi connectivity index (χ0) is 16.9. The minimum Gasteiger partial charge on any atom is -0.332 e. The van der Waals surface area contributed by atoms with E-state index in [1.54, 1.807) is 0 Å². The summed E-state index contributed by atoms with van der Waals surface area (Å²) in [6.07, 6.45) is 12.4. The Morgan fingerprint density at radius 1 is 1.12 bits per heavy atom. The van der Waals surface area contributed by atoms with Crippen LogP contribution in [0, 0.1) is 11.8 Å². The molecule has 0 radical (unpaired) electrons. The van der Waals surface area contributed by atoms with Gasteiger partial charge in [-0.1, -0.05) is 46.0 Å². The number of hydrogen-bond donors (Lipinski definition) is 0. The molecule has 1 atom stereocenters. The summed E-state index contributed by atoms with van der Waals surface area (Å²) in [5.74, 6) is 2.14. The Hall–Kier alpha value is -1.39. The molecule has 1 amide bonds. The van der Waals surface area contributed by atoms with Gasteiger partial charge in [-0.2, -0.15) is 0 Å². The minimum absolute atomic E-state index is 0.129. The largest absolute Gasteiger partial charge is 0.332 e. The molecule has 1 aliphatic heterocycles. The summed E-state index contributed by atoms with van der Waals surface area (Å²) < 4.78 is 2.15. The first-order valence-electron chi connectivity index (χ1n) is 9.85. The summed E-state index contributed by atoms with van der Waals surface area (Å²) in [5.41, 5.74) is 0. The Morgan fingerprint density at radius 2 is 1.83 bits per heavy atom. The van der Waals surface area contributed by atoms with Gasteiger partial charge in [-0.15, -0.1) is 10.2 Å². The molecule has 1 aliphatic carbocycles. The van der Waals surface area contributed by atoms with Gasteiger partial charge in [-0.25, -0.2) is 0 Å². The van der Waals surface area contributed by atoms with E-state index in [9.17, 15) is 4.79 Å². The van der Waals surface area contributed by atoms with Crippen LogP contribution in [0.25, 0.3) is 0 Å². The van der Waals surface area contributed by atoms with Gasteiger partial charge in [0.15, 0.2) is 5.82 Å². The monoisotopic (exact) mass is 332 g/mol. The van der Waals surface area contributed by atoms with Crippen molar-refractivity contribution in [3.63, 3.8) is 0 Å². The Balaban J connectivity index is 1.72. The lowest BCUT2D eigenvalue weighted by Crippen LogP contribution is -2.37. The Kier molecular flexibility index (Phi) is 5.90. The van der Waals surface area contributed by atoms with Gasteiger partial charge >= 0.3 is 0 Å². The van der Waals surface area contributed by atoms with Crippen LogP contribution in [0.4, 0.5) is 0 Å². The Bertz CT molecular complexity index is 531. The van der Waals surface area contributed by atoms with Gasteiger partial charge in [-0.05, 0) is 31.6 Å². The van der Waals surface area contributed by atoms with Crippen molar-refractivity contribution >= 4 is 5.91 Å². The maximum absolute atomic E-state index is 13.2. The standard InChI is InChI=1S/C19H32N4O/c1-15(2)13-22-14-20-21-18(22)17-11-8-12-23(17)19(24)16-9-6-4-3-5-7-10-16/h14-17H,3-13H2,1-2H3/t17-/m1/s1. The summed E-state index contributed by atoms with van der Waals surface area (Å²) in [5, 5.41) is 8.51. The maximum atomic E-state index is 13.2. The number of likely N-dealkylation sites (tertiary alicyclic amines) is 1. The maximum Gasteiger partial charge on any atom is 0.226 e. The summed E-state index contributed by atoms with van der Waals surface area (Å²) >= 11 is 0. The predicted molar refractivity (Wildman–Crippen MR) is 94.4 cm³/mol. The molecule has 3 rings (SSSR count). The van der Waals surface area contributed by atoms with E-state index >= 15 is 0 Å². The molecule has 1 saturated heterocycles. The molecule has 2 aliphatic rings. The van der Waals surface area contributed by atoms with Crippen molar-refractivity contribution in [2.75, 3.05) is 6.54 Å². The fourth-order valence-electron chi connectivity index (χ4n) is 4.29. The molecular weight excluding hydrogens is 300 g/mol. The second kappa shape index (κ2) is 8.13. The number of aromatic nitrogens is 3. The SMILES string of the molecule is CC(C)Cn1cnnc1[C@H]1CCCN1C(=O)C1CCCCCCC1. The second-order valence-corrected chi connectivity index (χ2v) is 7.97. The van der Waals surface area contributed by atoms with Crippen molar-refractivity contribution in [1.29, 1.82) is 0 Å². The molecular formula is C19H32N4O. The zero-order valence-corrected chi connectivity index (χ0v) is 15.3. The third-order valence-electron chi connectivity index (χ3n) is 5.50. The Labute approximate surface area is 145 Å². The summed E-state index contributed by atoms with van der Waals surface area (Å²) in [6, 6.07) is 0.129. The zero-order valence-electron chi connectivity index (χ0n) is 15.3. The van der Waals surface area contributed by atoms with Gasteiger partial charge < -0.3 is 9.47 Å². The van der Waals surface area contributed by atoms with Gasteiger partial charge in [0.2, 0.25) is 5.91 Å². The molecule has 1 aromatic heterocycles. The quantitative estimate of drug-likeness (QED) is 0.838. The van der Waals surface area contributed by atoms with Crippen LogP contribution in [0.15, 0.2) is 6.33 Å². The Morgan fingerprint density at radius 3 is 2.54 bits per heavy atom. The van der Waals surface area contributed by atoms with Crippen molar-refractivity contribution in [1.82, 2.24) is 19.7 Å². The smallest absolute Gasteiger partial charge is 0.226 e. The molecule has 1 aromatic rings. The lowest BCUT2D eigenvalue weighted by molar-refractivity contribution is -0.137. The molecule has 0 spiro atoms. The molecule has 0 N–H and O–H groups in total. The molecule has 0 aromatic carbocycles. The van der Waals surface area contributed by atoms with Crippen molar-refractivity contribution in [2.24, 2.45) is 11.8 Å². The van der Waals surface area contributed by atoms with Crippen LogP contribution in [0.5, 0.6) is 0 Å². The second-order valence-electron chi connectivity index (χ2n) is 7.97. The van der Waals surface area contributed by atoms with Crippen LogP contribution in [0.2, 0.25) is 0 Å². The average Bonchev–Trinajstić information content (AvgIpc) is 3.14. The van der Waals surface area contributed by atoms with Gasteiger partial charge in [0.1, 0.15) is 6.33 Å². The van der Waals surface area contributed by atoms with Crippen LogP contribution in [-0.4, -0.2) is 32.1 Å². The molecule has 1 saturated carbocycles. The normalized spacial score (nSPS) is 23.5. The number of amides is 1. The highest BCUT2D eigenvalue weighted by Crippen LogP contribution is 2.34. The molecule has 134 valence electrons. The average molecular weight is 332 g/mol. The lowest BCUT2D eigenvalue weighted by atomic mass is 9.90. The fraction of sp³-hybridized carbons (Fsp3) is 0.842.